The van der Waals surface area contributed by atoms with E-state index in [0.717, 1.165) is 31.0 Å². The lowest BCUT2D eigenvalue weighted by molar-refractivity contribution is -0.120. The first-order valence-corrected chi connectivity index (χ1v) is 5.70. The highest BCUT2D eigenvalue weighted by molar-refractivity contribution is 5.75. The summed E-state index contributed by atoms with van der Waals surface area (Å²) in [4.78, 5) is 18.5. The van der Waals surface area contributed by atoms with Crippen molar-refractivity contribution in [2.24, 2.45) is 0 Å². The van der Waals surface area contributed by atoms with Gasteiger partial charge in [-0.2, -0.15) is 0 Å². The maximum Gasteiger partial charge on any atom is 0.221 e. The van der Waals surface area contributed by atoms with Crippen LogP contribution in [0.3, 0.4) is 0 Å². The SMILES string of the molecule is CCCNC(=O)CCNCc1cnc(C)[nH]1. The van der Waals surface area contributed by atoms with Crippen molar-refractivity contribution in [2.75, 3.05) is 13.1 Å². The number of hydrogen-bond acceptors (Lipinski definition) is 3. The Bertz CT molecular complexity index is 322. The van der Waals surface area contributed by atoms with Gasteiger partial charge in [0.05, 0.1) is 0 Å². The van der Waals surface area contributed by atoms with Crippen LogP contribution in [0.15, 0.2) is 6.20 Å². The predicted octanol–water partition coefficient (Wildman–Crippen LogP) is 0.724. The third-order valence-corrected chi connectivity index (χ3v) is 2.17. The third kappa shape index (κ3) is 4.93. The number of imidazole rings is 1. The van der Waals surface area contributed by atoms with Gasteiger partial charge in [-0.05, 0) is 13.3 Å². The van der Waals surface area contributed by atoms with Gasteiger partial charge in [0.25, 0.3) is 0 Å². The van der Waals surface area contributed by atoms with Crippen LogP contribution in [0.5, 0.6) is 0 Å². The molecule has 16 heavy (non-hydrogen) atoms. The second kappa shape index (κ2) is 7.00. The zero-order valence-electron chi connectivity index (χ0n) is 9.97. The molecule has 1 aromatic heterocycles. The summed E-state index contributed by atoms with van der Waals surface area (Å²) in [6.45, 7) is 6.13. The molecule has 0 saturated carbocycles. The van der Waals surface area contributed by atoms with E-state index in [-0.39, 0.29) is 5.91 Å². The third-order valence-electron chi connectivity index (χ3n) is 2.17. The Labute approximate surface area is 96.0 Å². The molecule has 0 saturated heterocycles. The van der Waals surface area contributed by atoms with Crippen molar-refractivity contribution in [2.45, 2.75) is 33.2 Å². The lowest BCUT2D eigenvalue weighted by atomic mass is 10.3. The smallest absolute Gasteiger partial charge is 0.221 e. The number of aromatic amines is 1. The molecule has 5 nitrogen and oxygen atoms in total. The van der Waals surface area contributed by atoms with Gasteiger partial charge in [0, 0.05) is 37.9 Å². The Morgan fingerprint density at radius 2 is 2.31 bits per heavy atom. The second-order valence-electron chi connectivity index (χ2n) is 3.77. The van der Waals surface area contributed by atoms with Gasteiger partial charge >= 0.3 is 0 Å². The number of nitrogens with zero attached hydrogens (tertiary/aromatic N) is 1. The maximum atomic E-state index is 11.2. The summed E-state index contributed by atoms with van der Waals surface area (Å²) in [6, 6.07) is 0. The van der Waals surface area contributed by atoms with Crippen molar-refractivity contribution < 1.29 is 4.79 Å². The molecular formula is C11H20N4O. The molecule has 1 aromatic rings. The monoisotopic (exact) mass is 224 g/mol. The number of amides is 1. The highest BCUT2D eigenvalue weighted by atomic mass is 16.1. The van der Waals surface area contributed by atoms with Crippen molar-refractivity contribution in [3.8, 4) is 0 Å². The van der Waals surface area contributed by atoms with Gasteiger partial charge in [0.2, 0.25) is 5.91 Å². The first-order chi connectivity index (χ1) is 7.72. The average molecular weight is 224 g/mol. The van der Waals surface area contributed by atoms with Crippen molar-refractivity contribution in [1.29, 1.82) is 0 Å². The molecule has 0 aliphatic rings. The molecule has 90 valence electrons. The van der Waals surface area contributed by atoms with E-state index in [2.05, 4.69) is 20.6 Å². The van der Waals surface area contributed by atoms with E-state index in [1.54, 1.807) is 6.20 Å². The number of aromatic nitrogens is 2. The van der Waals surface area contributed by atoms with Gasteiger partial charge in [-0.15, -0.1) is 0 Å². The Balaban J connectivity index is 2.05. The molecule has 0 spiro atoms. The maximum absolute atomic E-state index is 11.2. The Morgan fingerprint density at radius 1 is 1.50 bits per heavy atom. The topological polar surface area (TPSA) is 69.8 Å². The number of carbonyl (C=O) groups is 1. The number of rotatable bonds is 7. The summed E-state index contributed by atoms with van der Waals surface area (Å²) in [7, 11) is 0. The van der Waals surface area contributed by atoms with Crippen LogP contribution < -0.4 is 10.6 Å². The number of H-pyrrole nitrogens is 1. The largest absolute Gasteiger partial charge is 0.356 e. The molecule has 0 aliphatic carbocycles. The minimum Gasteiger partial charge on any atom is -0.356 e. The summed E-state index contributed by atoms with van der Waals surface area (Å²) in [6.07, 6.45) is 3.30. The standard InChI is InChI=1S/C11H20N4O/c1-3-5-13-11(16)4-6-12-7-10-8-14-9(2)15-10/h8,12H,3-7H2,1-2H3,(H,13,16)(H,14,15). The van der Waals surface area contributed by atoms with Crippen LogP contribution in [-0.2, 0) is 11.3 Å². The van der Waals surface area contributed by atoms with E-state index < -0.39 is 0 Å². The quantitative estimate of drug-likeness (QED) is 0.598. The van der Waals surface area contributed by atoms with Gasteiger partial charge in [-0.1, -0.05) is 6.92 Å². The van der Waals surface area contributed by atoms with E-state index in [1.165, 1.54) is 0 Å². The summed E-state index contributed by atoms with van der Waals surface area (Å²) in [5.74, 6) is 1.02. The van der Waals surface area contributed by atoms with Gasteiger partial charge in [0.15, 0.2) is 0 Å². The Hall–Kier alpha value is -1.36. The lowest BCUT2D eigenvalue weighted by Crippen LogP contribution is -2.28. The minimum absolute atomic E-state index is 0.107. The zero-order valence-corrected chi connectivity index (χ0v) is 9.97. The van der Waals surface area contributed by atoms with Crippen molar-refractivity contribution in [1.82, 2.24) is 20.6 Å². The molecule has 0 radical (unpaired) electrons. The molecule has 1 amide bonds. The molecule has 0 aromatic carbocycles. The van der Waals surface area contributed by atoms with Gasteiger partial charge < -0.3 is 15.6 Å². The summed E-state index contributed by atoms with van der Waals surface area (Å²) in [5, 5.41) is 6.03. The van der Waals surface area contributed by atoms with Crippen LogP contribution >= 0.6 is 0 Å². The van der Waals surface area contributed by atoms with Gasteiger partial charge in [-0.3, -0.25) is 4.79 Å². The highest BCUT2D eigenvalue weighted by Gasteiger charge is 2.00. The number of carbonyl (C=O) groups excluding carboxylic acids is 1. The number of nitrogens with one attached hydrogen (secondary N) is 3. The Kier molecular flexibility index (Phi) is 5.56. The lowest BCUT2D eigenvalue weighted by Gasteiger charge is -2.04. The minimum atomic E-state index is 0.107. The van der Waals surface area contributed by atoms with Crippen LogP contribution in [0.25, 0.3) is 0 Å². The molecular weight excluding hydrogens is 204 g/mol. The highest BCUT2D eigenvalue weighted by Crippen LogP contribution is 1.94. The molecule has 0 atom stereocenters. The van der Waals surface area contributed by atoms with Crippen LogP contribution in [-0.4, -0.2) is 29.0 Å². The normalized spacial score (nSPS) is 10.4. The molecule has 1 heterocycles. The average Bonchev–Trinajstić information content (AvgIpc) is 2.67. The number of aryl methyl sites for hydroxylation is 1. The van der Waals surface area contributed by atoms with E-state index in [9.17, 15) is 4.79 Å². The van der Waals surface area contributed by atoms with E-state index in [1.807, 2.05) is 13.8 Å². The first-order valence-electron chi connectivity index (χ1n) is 5.70. The summed E-state index contributed by atoms with van der Waals surface area (Å²) in [5.41, 5.74) is 1.05. The molecule has 0 aliphatic heterocycles. The van der Waals surface area contributed by atoms with Crippen molar-refractivity contribution >= 4 is 5.91 Å². The van der Waals surface area contributed by atoms with Crippen LogP contribution in [0, 0.1) is 6.92 Å². The van der Waals surface area contributed by atoms with Gasteiger partial charge in [0.1, 0.15) is 5.82 Å². The van der Waals surface area contributed by atoms with E-state index in [4.69, 9.17) is 0 Å². The molecule has 0 unspecified atom stereocenters. The van der Waals surface area contributed by atoms with E-state index >= 15 is 0 Å². The summed E-state index contributed by atoms with van der Waals surface area (Å²) >= 11 is 0. The Morgan fingerprint density at radius 3 is 2.94 bits per heavy atom. The molecule has 0 fully saturated rings. The molecule has 0 bridgehead atoms. The summed E-state index contributed by atoms with van der Waals surface area (Å²) < 4.78 is 0. The van der Waals surface area contributed by atoms with Crippen LogP contribution in [0.1, 0.15) is 31.3 Å². The van der Waals surface area contributed by atoms with Crippen LogP contribution in [0.2, 0.25) is 0 Å². The fraction of sp³-hybridized carbons (Fsp3) is 0.636. The number of hydrogen-bond donors (Lipinski definition) is 3. The van der Waals surface area contributed by atoms with Crippen molar-refractivity contribution in [3.63, 3.8) is 0 Å². The fourth-order valence-electron chi connectivity index (χ4n) is 1.34. The molecule has 1 rings (SSSR count). The van der Waals surface area contributed by atoms with Gasteiger partial charge in [-0.25, -0.2) is 4.98 Å². The first kappa shape index (κ1) is 12.7. The predicted molar refractivity (Wildman–Crippen MR) is 62.9 cm³/mol. The zero-order chi connectivity index (χ0) is 11.8. The molecule has 5 heteroatoms. The molecule has 3 N–H and O–H groups in total. The fourth-order valence-corrected chi connectivity index (χ4v) is 1.34. The second-order valence-corrected chi connectivity index (χ2v) is 3.77. The van der Waals surface area contributed by atoms with E-state index in [0.29, 0.717) is 13.0 Å². The van der Waals surface area contributed by atoms with Crippen LogP contribution in [0.4, 0.5) is 0 Å². The van der Waals surface area contributed by atoms with Crippen molar-refractivity contribution in [3.05, 3.63) is 17.7 Å².